The van der Waals surface area contributed by atoms with E-state index < -0.39 is 17.5 Å². The largest absolute Gasteiger partial charge is 0.384 e. The first-order valence-corrected chi connectivity index (χ1v) is 7.41. The smallest absolute Gasteiger partial charge is 0.248 e. The fraction of sp³-hybridized carbons (Fsp3) is 0.111. The number of amides is 1. The molecule has 1 aromatic heterocycles. The average Bonchev–Trinajstić information content (AvgIpc) is 2.55. The van der Waals surface area contributed by atoms with E-state index in [4.69, 9.17) is 5.73 Å². The Morgan fingerprint density at radius 2 is 2.00 bits per heavy atom. The van der Waals surface area contributed by atoms with Gasteiger partial charge in [-0.25, -0.2) is 8.78 Å². The van der Waals surface area contributed by atoms with E-state index in [1.807, 2.05) is 6.07 Å². The highest BCUT2D eigenvalue weighted by Crippen LogP contribution is 2.24. The topological polar surface area (TPSA) is 68.0 Å². The maximum absolute atomic E-state index is 13.8. The number of fused-ring (bicyclic) bond motifs is 1. The Kier molecular flexibility index (Phi) is 4.37. The summed E-state index contributed by atoms with van der Waals surface area (Å²) in [5.41, 5.74) is 7.37. The normalized spacial score (nSPS) is 10.8. The first-order valence-electron chi connectivity index (χ1n) is 7.41. The Morgan fingerprint density at radius 1 is 1.17 bits per heavy atom. The van der Waals surface area contributed by atoms with Gasteiger partial charge in [-0.15, -0.1) is 0 Å². The molecule has 0 saturated heterocycles. The van der Waals surface area contributed by atoms with Gasteiger partial charge in [0.25, 0.3) is 0 Å². The van der Waals surface area contributed by atoms with Crippen molar-refractivity contribution < 1.29 is 13.6 Å². The molecule has 0 aliphatic rings. The first kappa shape index (κ1) is 15.9. The van der Waals surface area contributed by atoms with Gasteiger partial charge in [0.1, 0.15) is 11.3 Å². The van der Waals surface area contributed by atoms with Gasteiger partial charge in [0.2, 0.25) is 5.91 Å². The number of carbonyl (C=O) groups is 1. The number of carbonyl (C=O) groups excluding carboxylic acids is 1. The van der Waals surface area contributed by atoms with Crippen LogP contribution in [0, 0.1) is 11.6 Å². The van der Waals surface area contributed by atoms with E-state index in [1.54, 1.807) is 24.3 Å². The lowest BCUT2D eigenvalue weighted by atomic mass is 10.1. The van der Waals surface area contributed by atoms with Gasteiger partial charge in [0.05, 0.1) is 0 Å². The summed E-state index contributed by atoms with van der Waals surface area (Å²) in [5, 5.41) is 3.54. The number of anilines is 1. The molecule has 24 heavy (non-hydrogen) atoms. The van der Waals surface area contributed by atoms with Crippen LogP contribution in [0.15, 0.2) is 48.7 Å². The molecule has 4 nitrogen and oxygen atoms in total. The molecular weight excluding hydrogens is 312 g/mol. The minimum absolute atomic E-state index is 0.122. The zero-order valence-corrected chi connectivity index (χ0v) is 12.7. The highest BCUT2D eigenvalue weighted by atomic mass is 19.1. The standard InChI is InChI=1S/C18H15F2N3O/c19-13-9-14-16(5-7-23-17(14)15(20)10-13)22-6-4-11-2-1-3-12(8-11)18(21)24/h1-3,5,7-10H,4,6H2,(H2,21,24)(H,22,23). The van der Waals surface area contributed by atoms with Gasteiger partial charge < -0.3 is 11.1 Å². The highest BCUT2D eigenvalue weighted by Gasteiger charge is 2.09. The van der Waals surface area contributed by atoms with Crippen LogP contribution in [0.1, 0.15) is 15.9 Å². The van der Waals surface area contributed by atoms with Crippen LogP contribution in [0.5, 0.6) is 0 Å². The predicted octanol–water partition coefficient (Wildman–Crippen LogP) is 3.27. The number of hydrogen-bond acceptors (Lipinski definition) is 3. The molecule has 3 rings (SSSR count). The number of nitrogens with two attached hydrogens (primary N) is 1. The summed E-state index contributed by atoms with van der Waals surface area (Å²) in [6.07, 6.45) is 2.10. The molecule has 0 unspecified atom stereocenters. The molecule has 0 saturated carbocycles. The van der Waals surface area contributed by atoms with Gasteiger partial charge in [0.15, 0.2) is 5.82 Å². The van der Waals surface area contributed by atoms with Gasteiger partial charge >= 0.3 is 0 Å². The van der Waals surface area contributed by atoms with Crippen LogP contribution in [0.4, 0.5) is 14.5 Å². The Bertz CT molecular complexity index is 912. The fourth-order valence-corrected chi connectivity index (χ4v) is 2.55. The highest BCUT2D eigenvalue weighted by molar-refractivity contribution is 5.93. The predicted molar refractivity (Wildman–Crippen MR) is 88.8 cm³/mol. The van der Waals surface area contributed by atoms with Gasteiger partial charge in [0, 0.05) is 35.4 Å². The molecule has 1 amide bonds. The van der Waals surface area contributed by atoms with Crippen molar-refractivity contribution in [1.29, 1.82) is 0 Å². The van der Waals surface area contributed by atoms with Crippen molar-refractivity contribution in [2.75, 3.05) is 11.9 Å². The molecule has 0 spiro atoms. The number of benzene rings is 2. The summed E-state index contributed by atoms with van der Waals surface area (Å²) in [5.74, 6) is -1.82. The molecule has 0 bridgehead atoms. The van der Waals surface area contributed by atoms with Gasteiger partial charge in [-0.1, -0.05) is 12.1 Å². The number of nitrogens with one attached hydrogen (secondary N) is 1. The van der Waals surface area contributed by atoms with E-state index in [-0.39, 0.29) is 5.52 Å². The zero-order valence-electron chi connectivity index (χ0n) is 12.7. The lowest BCUT2D eigenvalue weighted by Gasteiger charge is -2.10. The van der Waals surface area contributed by atoms with Gasteiger partial charge in [-0.2, -0.15) is 0 Å². The number of rotatable bonds is 5. The van der Waals surface area contributed by atoms with E-state index in [1.165, 1.54) is 12.3 Å². The Labute approximate surface area is 137 Å². The molecule has 122 valence electrons. The van der Waals surface area contributed by atoms with Crippen molar-refractivity contribution in [3.63, 3.8) is 0 Å². The summed E-state index contributed by atoms with van der Waals surface area (Å²) < 4.78 is 27.2. The molecule has 6 heteroatoms. The van der Waals surface area contributed by atoms with Crippen molar-refractivity contribution >= 4 is 22.5 Å². The second-order valence-electron chi connectivity index (χ2n) is 5.38. The first-order chi connectivity index (χ1) is 11.5. The molecule has 0 fully saturated rings. The molecule has 3 N–H and O–H groups in total. The van der Waals surface area contributed by atoms with Crippen molar-refractivity contribution in [1.82, 2.24) is 4.98 Å². The lowest BCUT2D eigenvalue weighted by Crippen LogP contribution is -2.12. The molecule has 0 radical (unpaired) electrons. The molecule has 3 aromatic rings. The minimum Gasteiger partial charge on any atom is -0.384 e. The molecule has 0 atom stereocenters. The molecule has 0 aliphatic carbocycles. The van der Waals surface area contributed by atoms with Crippen molar-refractivity contribution in [2.45, 2.75) is 6.42 Å². The number of aromatic nitrogens is 1. The van der Waals surface area contributed by atoms with Crippen LogP contribution in [-0.4, -0.2) is 17.4 Å². The summed E-state index contributed by atoms with van der Waals surface area (Å²) in [6, 6.07) is 10.8. The Balaban J connectivity index is 1.77. The third-order valence-electron chi connectivity index (χ3n) is 3.70. The second kappa shape index (κ2) is 6.62. The maximum atomic E-state index is 13.8. The molecule has 2 aromatic carbocycles. The number of primary amides is 1. The van der Waals surface area contributed by atoms with Crippen molar-refractivity contribution in [2.24, 2.45) is 5.73 Å². The fourth-order valence-electron chi connectivity index (χ4n) is 2.55. The number of nitrogens with zero attached hydrogens (tertiary/aromatic N) is 1. The SMILES string of the molecule is NC(=O)c1cccc(CCNc2ccnc3c(F)cc(F)cc23)c1. The van der Waals surface area contributed by atoms with Crippen LogP contribution in [-0.2, 0) is 6.42 Å². The minimum atomic E-state index is -0.692. The van der Waals surface area contributed by atoms with E-state index in [9.17, 15) is 13.6 Å². The van der Waals surface area contributed by atoms with Gasteiger partial charge in [-0.3, -0.25) is 9.78 Å². The van der Waals surface area contributed by atoms with Crippen LogP contribution in [0.2, 0.25) is 0 Å². The van der Waals surface area contributed by atoms with Crippen LogP contribution in [0.3, 0.4) is 0 Å². The van der Waals surface area contributed by atoms with E-state index in [0.29, 0.717) is 29.6 Å². The summed E-state index contributed by atoms with van der Waals surface area (Å²) in [6.45, 7) is 0.527. The Hall–Kier alpha value is -3.02. The monoisotopic (exact) mass is 327 g/mol. The van der Waals surface area contributed by atoms with Crippen molar-refractivity contribution in [3.8, 4) is 0 Å². The third kappa shape index (κ3) is 3.32. The third-order valence-corrected chi connectivity index (χ3v) is 3.70. The number of hydrogen-bond donors (Lipinski definition) is 2. The van der Waals surface area contributed by atoms with E-state index in [0.717, 1.165) is 11.6 Å². The van der Waals surface area contributed by atoms with E-state index >= 15 is 0 Å². The molecular formula is C18H15F2N3O. The number of pyridine rings is 1. The summed E-state index contributed by atoms with van der Waals surface area (Å²) in [7, 11) is 0. The zero-order chi connectivity index (χ0) is 17.1. The van der Waals surface area contributed by atoms with Crippen molar-refractivity contribution in [3.05, 3.63) is 71.4 Å². The number of halogens is 2. The average molecular weight is 327 g/mol. The van der Waals surface area contributed by atoms with Crippen LogP contribution in [0.25, 0.3) is 10.9 Å². The summed E-state index contributed by atoms with van der Waals surface area (Å²) >= 11 is 0. The van der Waals surface area contributed by atoms with Crippen LogP contribution < -0.4 is 11.1 Å². The lowest BCUT2D eigenvalue weighted by molar-refractivity contribution is 0.1000. The quantitative estimate of drug-likeness (QED) is 0.756. The maximum Gasteiger partial charge on any atom is 0.248 e. The van der Waals surface area contributed by atoms with E-state index in [2.05, 4.69) is 10.3 Å². The second-order valence-corrected chi connectivity index (χ2v) is 5.38. The Morgan fingerprint density at radius 3 is 2.79 bits per heavy atom. The summed E-state index contributed by atoms with van der Waals surface area (Å²) in [4.78, 5) is 15.1. The van der Waals surface area contributed by atoms with Crippen LogP contribution >= 0.6 is 0 Å². The molecule has 1 heterocycles. The van der Waals surface area contributed by atoms with Gasteiger partial charge in [-0.05, 0) is 36.2 Å². The molecule has 0 aliphatic heterocycles.